The summed E-state index contributed by atoms with van der Waals surface area (Å²) in [6.07, 6.45) is 2.24. The van der Waals surface area contributed by atoms with Crippen LogP contribution in [0.15, 0.2) is 18.2 Å². The normalized spacial score (nSPS) is 22.9. The Kier molecular flexibility index (Phi) is 2.86. The van der Waals surface area contributed by atoms with Gasteiger partial charge in [-0.3, -0.25) is 4.79 Å². The number of nitrogens with two attached hydrogens (primary N) is 1. The number of benzene rings is 1. The maximum Gasteiger partial charge on any atom is 0.253 e. The van der Waals surface area contributed by atoms with Gasteiger partial charge in [-0.2, -0.15) is 0 Å². The van der Waals surface area contributed by atoms with E-state index < -0.39 is 0 Å². The van der Waals surface area contributed by atoms with E-state index in [2.05, 4.69) is 12.2 Å². The topological polar surface area (TPSA) is 55.1 Å². The highest BCUT2D eigenvalue weighted by Crippen LogP contribution is 2.33. The standard InChI is InChI=1S/C13H18N2O/c1-3-9-7-12(9)15-13(16)10-5-4-8(2)6-11(10)14/h4-6,9,12H,3,7,14H2,1-2H3,(H,15,16). The first kappa shape index (κ1) is 11.0. The summed E-state index contributed by atoms with van der Waals surface area (Å²) < 4.78 is 0. The van der Waals surface area contributed by atoms with Gasteiger partial charge >= 0.3 is 0 Å². The molecule has 1 aromatic rings. The van der Waals surface area contributed by atoms with Gasteiger partial charge < -0.3 is 11.1 Å². The van der Waals surface area contributed by atoms with Crippen molar-refractivity contribution in [1.29, 1.82) is 0 Å². The van der Waals surface area contributed by atoms with Crippen LogP contribution in [-0.2, 0) is 0 Å². The summed E-state index contributed by atoms with van der Waals surface area (Å²) >= 11 is 0. The molecule has 2 atom stereocenters. The zero-order valence-corrected chi connectivity index (χ0v) is 9.79. The lowest BCUT2D eigenvalue weighted by molar-refractivity contribution is 0.0950. The Balaban J connectivity index is 2.04. The third-order valence-electron chi connectivity index (χ3n) is 3.22. The Morgan fingerprint density at radius 2 is 2.31 bits per heavy atom. The zero-order chi connectivity index (χ0) is 11.7. The summed E-state index contributed by atoms with van der Waals surface area (Å²) in [6, 6.07) is 5.90. The number of carbonyl (C=O) groups is 1. The summed E-state index contributed by atoms with van der Waals surface area (Å²) in [7, 11) is 0. The number of nitrogens with one attached hydrogen (secondary N) is 1. The molecule has 1 aliphatic rings. The molecule has 1 amide bonds. The fourth-order valence-electron chi connectivity index (χ4n) is 2.01. The van der Waals surface area contributed by atoms with E-state index in [-0.39, 0.29) is 5.91 Å². The number of rotatable bonds is 3. The van der Waals surface area contributed by atoms with E-state index in [0.717, 1.165) is 18.4 Å². The molecule has 3 N–H and O–H groups in total. The molecule has 86 valence electrons. The molecule has 0 spiro atoms. The average Bonchev–Trinajstić information content (AvgIpc) is 2.96. The van der Waals surface area contributed by atoms with Crippen LogP contribution >= 0.6 is 0 Å². The van der Waals surface area contributed by atoms with E-state index >= 15 is 0 Å². The van der Waals surface area contributed by atoms with Gasteiger partial charge in [0, 0.05) is 11.7 Å². The van der Waals surface area contributed by atoms with E-state index in [0.29, 0.717) is 23.2 Å². The van der Waals surface area contributed by atoms with Crippen LogP contribution in [0, 0.1) is 12.8 Å². The minimum atomic E-state index is -0.0431. The molecule has 3 heteroatoms. The smallest absolute Gasteiger partial charge is 0.253 e. The molecule has 1 aromatic carbocycles. The van der Waals surface area contributed by atoms with Gasteiger partial charge in [-0.05, 0) is 37.0 Å². The predicted molar refractivity (Wildman–Crippen MR) is 65.2 cm³/mol. The Bertz CT molecular complexity index is 414. The first-order valence-electron chi connectivity index (χ1n) is 5.78. The van der Waals surface area contributed by atoms with Gasteiger partial charge in [-0.15, -0.1) is 0 Å². The lowest BCUT2D eigenvalue weighted by atomic mass is 10.1. The lowest BCUT2D eigenvalue weighted by Gasteiger charge is -2.07. The van der Waals surface area contributed by atoms with E-state index in [4.69, 9.17) is 5.73 Å². The van der Waals surface area contributed by atoms with Crippen molar-refractivity contribution in [3.8, 4) is 0 Å². The molecule has 16 heavy (non-hydrogen) atoms. The Morgan fingerprint density at radius 3 is 2.88 bits per heavy atom. The van der Waals surface area contributed by atoms with Gasteiger partial charge in [-0.1, -0.05) is 19.4 Å². The van der Waals surface area contributed by atoms with Crippen LogP contribution in [0.25, 0.3) is 0 Å². The van der Waals surface area contributed by atoms with Gasteiger partial charge in [0.15, 0.2) is 0 Å². The summed E-state index contributed by atoms with van der Waals surface area (Å²) in [6.45, 7) is 4.11. The monoisotopic (exact) mass is 218 g/mol. The molecular formula is C13H18N2O. The van der Waals surface area contributed by atoms with Gasteiger partial charge in [-0.25, -0.2) is 0 Å². The molecule has 0 saturated heterocycles. The highest BCUT2D eigenvalue weighted by molar-refractivity contribution is 5.99. The van der Waals surface area contributed by atoms with E-state index in [1.807, 2.05) is 19.1 Å². The van der Waals surface area contributed by atoms with Crippen molar-refractivity contribution in [3.05, 3.63) is 29.3 Å². The molecule has 1 saturated carbocycles. The predicted octanol–water partition coefficient (Wildman–Crippen LogP) is 2.11. The molecule has 0 heterocycles. The average molecular weight is 218 g/mol. The summed E-state index contributed by atoms with van der Waals surface area (Å²) in [5.41, 5.74) is 8.05. The highest BCUT2D eigenvalue weighted by Gasteiger charge is 2.36. The number of hydrogen-bond donors (Lipinski definition) is 2. The Morgan fingerprint density at radius 1 is 1.56 bits per heavy atom. The number of carbonyl (C=O) groups excluding carboxylic acids is 1. The van der Waals surface area contributed by atoms with Crippen LogP contribution in [0.1, 0.15) is 35.7 Å². The summed E-state index contributed by atoms with van der Waals surface area (Å²) in [4.78, 5) is 11.9. The van der Waals surface area contributed by atoms with Crippen LogP contribution in [-0.4, -0.2) is 11.9 Å². The third-order valence-corrected chi connectivity index (χ3v) is 3.22. The minimum Gasteiger partial charge on any atom is -0.398 e. The molecule has 2 unspecified atom stereocenters. The lowest BCUT2D eigenvalue weighted by Crippen LogP contribution is -2.27. The number of hydrogen-bond acceptors (Lipinski definition) is 2. The molecule has 1 fully saturated rings. The Labute approximate surface area is 96.0 Å². The second-order valence-corrected chi connectivity index (χ2v) is 4.57. The second-order valence-electron chi connectivity index (χ2n) is 4.57. The van der Waals surface area contributed by atoms with Crippen molar-refractivity contribution in [3.63, 3.8) is 0 Å². The Hall–Kier alpha value is -1.51. The molecular weight excluding hydrogens is 200 g/mol. The number of anilines is 1. The first-order valence-corrected chi connectivity index (χ1v) is 5.78. The zero-order valence-electron chi connectivity index (χ0n) is 9.79. The van der Waals surface area contributed by atoms with Gasteiger partial charge in [0.1, 0.15) is 0 Å². The minimum absolute atomic E-state index is 0.0431. The molecule has 0 radical (unpaired) electrons. The van der Waals surface area contributed by atoms with E-state index in [1.54, 1.807) is 6.07 Å². The van der Waals surface area contributed by atoms with Gasteiger partial charge in [0.25, 0.3) is 5.91 Å². The van der Waals surface area contributed by atoms with Crippen LogP contribution in [0.3, 0.4) is 0 Å². The number of aryl methyl sites for hydroxylation is 1. The van der Waals surface area contributed by atoms with E-state index in [9.17, 15) is 4.79 Å². The summed E-state index contributed by atoms with van der Waals surface area (Å²) in [5, 5.41) is 3.01. The fraction of sp³-hybridized carbons (Fsp3) is 0.462. The molecule has 1 aliphatic carbocycles. The maximum atomic E-state index is 11.9. The van der Waals surface area contributed by atoms with Crippen molar-refractivity contribution >= 4 is 11.6 Å². The van der Waals surface area contributed by atoms with Gasteiger partial charge in [0.05, 0.1) is 5.56 Å². The molecule has 0 aromatic heterocycles. The van der Waals surface area contributed by atoms with Crippen molar-refractivity contribution in [2.45, 2.75) is 32.7 Å². The fourth-order valence-corrected chi connectivity index (χ4v) is 2.01. The highest BCUT2D eigenvalue weighted by atomic mass is 16.1. The molecule has 0 bridgehead atoms. The van der Waals surface area contributed by atoms with Crippen LogP contribution in [0.2, 0.25) is 0 Å². The quantitative estimate of drug-likeness (QED) is 0.763. The largest absolute Gasteiger partial charge is 0.398 e. The molecule has 2 rings (SSSR count). The van der Waals surface area contributed by atoms with Crippen molar-refractivity contribution in [2.75, 3.05) is 5.73 Å². The van der Waals surface area contributed by atoms with Gasteiger partial charge in [0.2, 0.25) is 0 Å². The van der Waals surface area contributed by atoms with Crippen LogP contribution < -0.4 is 11.1 Å². The first-order chi connectivity index (χ1) is 7.61. The molecule has 0 aliphatic heterocycles. The summed E-state index contributed by atoms with van der Waals surface area (Å²) in [5.74, 6) is 0.620. The van der Waals surface area contributed by atoms with Crippen molar-refractivity contribution in [1.82, 2.24) is 5.32 Å². The number of nitrogen functional groups attached to an aromatic ring is 1. The third kappa shape index (κ3) is 2.18. The second kappa shape index (κ2) is 4.16. The van der Waals surface area contributed by atoms with E-state index in [1.165, 1.54) is 0 Å². The SMILES string of the molecule is CCC1CC1NC(=O)c1ccc(C)cc1N. The van der Waals surface area contributed by atoms with Crippen molar-refractivity contribution in [2.24, 2.45) is 5.92 Å². The van der Waals surface area contributed by atoms with Crippen LogP contribution in [0.5, 0.6) is 0 Å². The van der Waals surface area contributed by atoms with Crippen molar-refractivity contribution < 1.29 is 4.79 Å². The van der Waals surface area contributed by atoms with Crippen LogP contribution in [0.4, 0.5) is 5.69 Å². The number of amides is 1. The maximum absolute atomic E-state index is 11.9. The molecule has 3 nitrogen and oxygen atoms in total.